The Morgan fingerprint density at radius 1 is 1.15 bits per heavy atom. The minimum absolute atomic E-state index is 0.138. The van der Waals surface area contributed by atoms with E-state index in [1.54, 1.807) is 11.1 Å². The average molecular weight is 365 g/mol. The van der Waals surface area contributed by atoms with E-state index in [-0.39, 0.29) is 11.4 Å². The van der Waals surface area contributed by atoms with Crippen LogP contribution in [0.15, 0.2) is 47.1 Å². The number of nitrogens with zero attached hydrogens (tertiary/aromatic N) is 4. The summed E-state index contributed by atoms with van der Waals surface area (Å²) < 4.78 is 5.28. The normalized spacial score (nSPS) is 14.8. The van der Waals surface area contributed by atoms with Crippen LogP contribution in [0.2, 0.25) is 0 Å². The lowest BCUT2D eigenvalue weighted by molar-refractivity contribution is 0.217. The van der Waals surface area contributed by atoms with Crippen molar-refractivity contribution in [2.45, 2.75) is 32.6 Å². The SMILES string of the molecule is CC(C)(C)c1cc(NC(=O)N2CCCN2c2cc3ccccc3cn2)on1. The van der Waals surface area contributed by atoms with Gasteiger partial charge in [-0.3, -0.25) is 10.3 Å². The summed E-state index contributed by atoms with van der Waals surface area (Å²) in [6.07, 6.45) is 2.72. The monoisotopic (exact) mass is 365 g/mol. The zero-order valence-electron chi connectivity index (χ0n) is 15.8. The lowest BCUT2D eigenvalue weighted by Gasteiger charge is -2.28. The molecule has 0 atom stereocenters. The lowest BCUT2D eigenvalue weighted by atomic mass is 9.92. The quantitative estimate of drug-likeness (QED) is 0.737. The standard InChI is InChI=1S/C20H23N5O2/c1-20(2,3)16-12-18(27-23-16)22-19(26)25-10-6-9-24(25)17-11-14-7-4-5-8-15(14)13-21-17/h4-5,7-8,11-13H,6,9-10H2,1-3H3,(H,22,26). The highest BCUT2D eigenvalue weighted by Gasteiger charge is 2.29. The maximum absolute atomic E-state index is 12.8. The number of carbonyl (C=O) groups is 1. The van der Waals surface area contributed by atoms with Crippen LogP contribution in [0.3, 0.4) is 0 Å². The second-order valence-electron chi connectivity index (χ2n) is 7.75. The predicted molar refractivity (Wildman–Crippen MR) is 105 cm³/mol. The Labute approximate surface area is 157 Å². The Hall–Kier alpha value is -3.09. The topological polar surface area (TPSA) is 74.5 Å². The zero-order chi connectivity index (χ0) is 19.0. The first-order chi connectivity index (χ1) is 12.9. The van der Waals surface area contributed by atoms with Gasteiger partial charge in [-0.05, 0) is 17.9 Å². The molecule has 1 aromatic carbocycles. The number of urea groups is 1. The number of aromatic nitrogens is 2. The van der Waals surface area contributed by atoms with E-state index in [1.165, 1.54) is 0 Å². The van der Waals surface area contributed by atoms with Crippen LogP contribution in [0.1, 0.15) is 32.9 Å². The number of amides is 2. The van der Waals surface area contributed by atoms with Gasteiger partial charge < -0.3 is 4.52 Å². The summed E-state index contributed by atoms with van der Waals surface area (Å²) in [4.78, 5) is 17.3. The van der Waals surface area contributed by atoms with E-state index in [9.17, 15) is 4.79 Å². The molecular formula is C20H23N5O2. The van der Waals surface area contributed by atoms with Gasteiger partial charge >= 0.3 is 6.03 Å². The van der Waals surface area contributed by atoms with Crippen molar-refractivity contribution < 1.29 is 9.32 Å². The molecule has 4 rings (SSSR count). The predicted octanol–water partition coefficient (Wildman–Crippen LogP) is 4.18. The zero-order valence-corrected chi connectivity index (χ0v) is 15.8. The highest BCUT2D eigenvalue weighted by Crippen LogP contribution is 2.26. The van der Waals surface area contributed by atoms with Crippen LogP contribution in [-0.4, -0.2) is 34.3 Å². The molecule has 2 aromatic heterocycles. The molecule has 0 unspecified atom stereocenters. The Kier molecular flexibility index (Phi) is 4.22. The average Bonchev–Trinajstić information content (AvgIpc) is 3.30. The van der Waals surface area contributed by atoms with E-state index in [1.807, 2.05) is 62.3 Å². The molecule has 27 heavy (non-hydrogen) atoms. The minimum atomic E-state index is -0.251. The van der Waals surface area contributed by atoms with Gasteiger partial charge in [0.05, 0.1) is 5.69 Å². The van der Waals surface area contributed by atoms with E-state index in [0.29, 0.717) is 12.4 Å². The number of hydrogen-bond donors (Lipinski definition) is 1. The third-order valence-electron chi connectivity index (χ3n) is 4.66. The molecule has 140 valence electrons. The van der Waals surface area contributed by atoms with Crippen molar-refractivity contribution in [1.29, 1.82) is 0 Å². The van der Waals surface area contributed by atoms with Gasteiger partial charge in [-0.25, -0.2) is 14.8 Å². The van der Waals surface area contributed by atoms with Crippen LogP contribution in [0, 0.1) is 0 Å². The second kappa shape index (κ2) is 6.57. The van der Waals surface area contributed by atoms with Gasteiger partial charge in [0, 0.05) is 36.2 Å². The summed E-state index contributed by atoms with van der Waals surface area (Å²) in [7, 11) is 0. The maximum atomic E-state index is 12.8. The minimum Gasteiger partial charge on any atom is -0.338 e. The Bertz CT molecular complexity index is 976. The third kappa shape index (κ3) is 3.45. The van der Waals surface area contributed by atoms with Crippen LogP contribution >= 0.6 is 0 Å². The van der Waals surface area contributed by atoms with Gasteiger partial charge in [-0.2, -0.15) is 0 Å². The number of fused-ring (bicyclic) bond motifs is 1. The smallest absolute Gasteiger partial charge is 0.338 e. The van der Waals surface area contributed by atoms with Crippen molar-refractivity contribution >= 4 is 28.5 Å². The third-order valence-corrected chi connectivity index (χ3v) is 4.66. The molecule has 0 bridgehead atoms. The van der Waals surface area contributed by atoms with Crippen molar-refractivity contribution in [2.24, 2.45) is 0 Å². The first-order valence-electron chi connectivity index (χ1n) is 9.10. The first-order valence-corrected chi connectivity index (χ1v) is 9.10. The van der Waals surface area contributed by atoms with E-state index < -0.39 is 0 Å². The summed E-state index contributed by atoms with van der Waals surface area (Å²) in [5.74, 6) is 1.11. The molecule has 0 radical (unpaired) electrons. The number of hydrazine groups is 1. The number of benzene rings is 1. The second-order valence-corrected chi connectivity index (χ2v) is 7.75. The highest BCUT2D eigenvalue weighted by molar-refractivity contribution is 5.90. The van der Waals surface area contributed by atoms with Crippen molar-refractivity contribution in [2.75, 3.05) is 23.4 Å². The molecule has 1 aliphatic heterocycles. The van der Waals surface area contributed by atoms with E-state index in [0.717, 1.165) is 35.2 Å². The van der Waals surface area contributed by atoms with Crippen molar-refractivity contribution in [3.05, 3.63) is 48.3 Å². The van der Waals surface area contributed by atoms with Crippen molar-refractivity contribution in [1.82, 2.24) is 15.1 Å². The Morgan fingerprint density at radius 2 is 1.93 bits per heavy atom. The van der Waals surface area contributed by atoms with Crippen LogP contribution in [0.5, 0.6) is 0 Å². The number of carbonyl (C=O) groups excluding carboxylic acids is 1. The van der Waals surface area contributed by atoms with Gasteiger partial charge in [0.25, 0.3) is 0 Å². The molecule has 7 heteroatoms. The van der Waals surface area contributed by atoms with Gasteiger partial charge in [0.2, 0.25) is 5.88 Å². The number of hydrogen-bond acceptors (Lipinski definition) is 5. The van der Waals surface area contributed by atoms with Crippen molar-refractivity contribution in [3.63, 3.8) is 0 Å². The van der Waals surface area contributed by atoms with E-state index >= 15 is 0 Å². The Morgan fingerprint density at radius 3 is 2.67 bits per heavy atom. The van der Waals surface area contributed by atoms with E-state index in [4.69, 9.17) is 4.52 Å². The molecule has 2 amide bonds. The van der Waals surface area contributed by atoms with Gasteiger partial charge in [-0.1, -0.05) is 50.2 Å². The van der Waals surface area contributed by atoms with Crippen LogP contribution < -0.4 is 10.3 Å². The molecule has 1 aliphatic rings. The summed E-state index contributed by atoms with van der Waals surface area (Å²) in [6, 6.07) is 11.6. The molecule has 7 nitrogen and oxygen atoms in total. The van der Waals surface area contributed by atoms with E-state index in [2.05, 4.69) is 15.5 Å². The molecule has 0 saturated carbocycles. The van der Waals surface area contributed by atoms with Crippen molar-refractivity contribution in [3.8, 4) is 0 Å². The summed E-state index contributed by atoms with van der Waals surface area (Å²) in [5.41, 5.74) is 0.661. The molecule has 1 saturated heterocycles. The summed E-state index contributed by atoms with van der Waals surface area (Å²) in [5, 5.41) is 12.6. The highest BCUT2D eigenvalue weighted by atomic mass is 16.5. The molecule has 3 heterocycles. The number of rotatable bonds is 2. The fourth-order valence-electron chi connectivity index (χ4n) is 3.13. The van der Waals surface area contributed by atoms with Crippen LogP contribution in [0.4, 0.5) is 16.5 Å². The maximum Gasteiger partial charge on any atom is 0.343 e. The fourth-order valence-corrected chi connectivity index (χ4v) is 3.13. The first kappa shape index (κ1) is 17.3. The number of nitrogens with one attached hydrogen (secondary N) is 1. The molecule has 0 spiro atoms. The Balaban J connectivity index is 1.53. The van der Waals surface area contributed by atoms with Crippen LogP contribution in [-0.2, 0) is 5.41 Å². The molecule has 0 aliphatic carbocycles. The van der Waals surface area contributed by atoms with Gasteiger partial charge in [0.1, 0.15) is 5.82 Å². The number of anilines is 2. The fraction of sp³-hybridized carbons (Fsp3) is 0.350. The molecular weight excluding hydrogens is 342 g/mol. The largest absolute Gasteiger partial charge is 0.343 e. The molecule has 1 N–H and O–H groups in total. The van der Waals surface area contributed by atoms with Gasteiger partial charge in [-0.15, -0.1) is 0 Å². The summed E-state index contributed by atoms with van der Waals surface area (Å²) >= 11 is 0. The molecule has 3 aromatic rings. The lowest BCUT2D eigenvalue weighted by Crippen LogP contribution is -2.44. The number of pyridine rings is 1. The van der Waals surface area contributed by atoms with Crippen LogP contribution in [0.25, 0.3) is 10.8 Å². The van der Waals surface area contributed by atoms with Gasteiger partial charge in [0.15, 0.2) is 0 Å². The molecule has 1 fully saturated rings. The summed E-state index contributed by atoms with van der Waals surface area (Å²) in [6.45, 7) is 7.50.